The molecule has 0 aliphatic heterocycles. The van der Waals surface area contributed by atoms with E-state index in [1.54, 1.807) is 0 Å². The Morgan fingerprint density at radius 3 is 1.94 bits per heavy atom. The Morgan fingerprint density at radius 2 is 1.36 bits per heavy atom. The molecule has 3 rings (SSSR count). The lowest BCUT2D eigenvalue weighted by Gasteiger charge is -2.23. The van der Waals surface area contributed by atoms with E-state index in [4.69, 9.17) is 4.99 Å². The summed E-state index contributed by atoms with van der Waals surface area (Å²) in [5.41, 5.74) is 9.18. The molecule has 0 aliphatic rings. The van der Waals surface area contributed by atoms with E-state index in [1.165, 1.54) is 33.5 Å². The molecular formula is C30H39AlN2. The van der Waals surface area contributed by atoms with Crippen molar-refractivity contribution >= 4 is 32.0 Å². The molecule has 3 aromatic carbocycles. The maximum atomic E-state index is 4.77. The molecule has 3 heteroatoms. The van der Waals surface area contributed by atoms with Crippen molar-refractivity contribution in [1.82, 2.24) is 0 Å². The monoisotopic (exact) mass is 454 g/mol. The van der Waals surface area contributed by atoms with Gasteiger partial charge in [-0.15, -0.1) is 0 Å². The molecule has 0 radical (unpaired) electrons. The van der Waals surface area contributed by atoms with E-state index in [1.807, 2.05) is 6.21 Å². The summed E-state index contributed by atoms with van der Waals surface area (Å²) in [6, 6.07) is 24.1. The fourth-order valence-corrected chi connectivity index (χ4v) is 6.24. The van der Waals surface area contributed by atoms with E-state index in [9.17, 15) is 0 Å². The van der Waals surface area contributed by atoms with Crippen LogP contribution >= 0.6 is 0 Å². The summed E-state index contributed by atoms with van der Waals surface area (Å²) in [7, 11) is 0. The minimum absolute atomic E-state index is 0.508. The molecule has 33 heavy (non-hydrogen) atoms. The van der Waals surface area contributed by atoms with Gasteiger partial charge in [-0.2, -0.15) is 0 Å². The van der Waals surface area contributed by atoms with E-state index < -0.39 is 14.4 Å². The molecule has 0 spiro atoms. The van der Waals surface area contributed by atoms with Crippen molar-refractivity contribution in [3.63, 3.8) is 0 Å². The van der Waals surface area contributed by atoms with Crippen molar-refractivity contribution in [3.8, 4) is 0 Å². The molecule has 0 aromatic heterocycles. The highest BCUT2D eigenvalue weighted by molar-refractivity contribution is 6.60. The molecule has 0 atom stereocenters. The van der Waals surface area contributed by atoms with Crippen molar-refractivity contribution in [2.45, 2.75) is 70.4 Å². The van der Waals surface area contributed by atoms with Crippen molar-refractivity contribution in [2.75, 3.05) is 4.30 Å². The molecule has 0 heterocycles. The number of rotatable bonds is 9. The molecule has 0 fully saturated rings. The zero-order valence-corrected chi connectivity index (χ0v) is 22.5. The number of aliphatic imine (C=N–C) groups is 1. The second-order valence-corrected chi connectivity index (χ2v) is 12.6. The number of benzene rings is 3. The number of hydrogen-bond donors (Lipinski definition) is 1. The molecule has 0 aliphatic carbocycles. The van der Waals surface area contributed by atoms with Crippen LogP contribution in [0.4, 0.5) is 11.4 Å². The first-order valence-electron chi connectivity index (χ1n) is 12.4. The van der Waals surface area contributed by atoms with Crippen LogP contribution in [0.3, 0.4) is 0 Å². The summed E-state index contributed by atoms with van der Waals surface area (Å²) in [5.74, 6) is 3.97. The minimum Gasteiger partial charge on any atom is -0.476 e. The Balaban J connectivity index is 1.79. The van der Waals surface area contributed by atoms with Crippen LogP contribution < -0.4 is 4.30 Å². The standard InChI is InChI=1S/C17H18N.C12H18N.CH3.Al/c1-13(2)15-8-10-17(11-9-15)18-12-16-7-5-4-6-14(16)3;1-8(2)10-6-5-7-11(9(3)4)12(10)13;;/h4-13H,3H2,1-2H3;5-9,13H,1-4H3;1H3;/q;-1;;+1. The number of nitrogens with one attached hydrogen (secondary N) is 1. The van der Waals surface area contributed by atoms with Gasteiger partial charge in [0.2, 0.25) is 0 Å². The van der Waals surface area contributed by atoms with E-state index >= 15 is 0 Å². The van der Waals surface area contributed by atoms with Gasteiger partial charge in [-0.1, -0.05) is 107 Å². The average molecular weight is 455 g/mol. The number of nitrogens with zero attached hydrogens (tertiary/aromatic N) is 1. The second kappa shape index (κ2) is 11.7. The summed E-state index contributed by atoms with van der Waals surface area (Å²) < 4.78 is 4.00. The Morgan fingerprint density at radius 1 is 0.758 bits per heavy atom. The fourth-order valence-electron chi connectivity index (χ4n) is 4.28. The first-order chi connectivity index (χ1) is 15.8. The molecule has 0 unspecified atom stereocenters. The highest BCUT2D eigenvalue weighted by Crippen LogP contribution is 2.32. The lowest BCUT2D eigenvalue weighted by Crippen LogP contribution is -2.26. The molecule has 1 N–H and O–H groups in total. The quantitative estimate of drug-likeness (QED) is 0.254. The Bertz CT molecular complexity index is 1040. The van der Waals surface area contributed by atoms with E-state index in [0.717, 1.165) is 11.0 Å². The summed E-state index contributed by atoms with van der Waals surface area (Å²) in [6.45, 7) is 13.6. The third kappa shape index (κ3) is 6.83. The topological polar surface area (TPSA) is 24.4 Å². The van der Waals surface area contributed by atoms with Gasteiger partial charge < -0.3 is 4.30 Å². The number of hydrogen-bond acceptors (Lipinski definition) is 2. The van der Waals surface area contributed by atoms with Crippen LogP contribution in [-0.2, 0) is 5.28 Å². The summed E-state index contributed by atoms with van der Waals surface area (Å²) in [6.07, 6.45) is 2.03. The van der Waals surface area contributed by atoms with E-state index in [0.29, 0.717) is 17.8 Å². The molecule has 172 valence electrons. The van der Waals surface area contributed by atoms with Crippen LogP contribution in [0.25, 0.3) is 0 Å². The smallest absolute Gasteiger partial charge is 0.412 e. The molecule has 3 aromatic rings. The van der Waals surface area contributed by atoms with Crippen LogP contribution in [0, 0.1) is 0 Å². The molecule has 0 bridgehead atoms. The first kappa shape index (κ1) is 25.3. The van der Waals surface area contributed by atoms with Crippen LogP contribution in [-0.4, -0.2) is 20.6 Å². The fraction of sp³-hybridized carbons (Fsp3) is 0.367. The van der Waals surface area contributed by atoms with Gasteiger partial charge in [0.05, 0.1) is 5.69 Å². The number of para-hydroxylation sites is 1. The largest absolute Gasteiger partial charge is 0.476 e. The van der Waals surface area contributed by atoms with Gasteiger partial charge in [-0.25, -0.2) is 0 Å². The minimum atomic E-state index is -1.25. The Kier molecular flexibility index (Phi) is 8.96. The molecular weight excluding hydrogens is 415 g/mol. The average Bonchev–Trinajstić information content (AvgIpc) is 2.78. The lowest BCUT2D eigenvalue weighted by atomic mass is 9.93. The zero-order valence-electron chi connectivity index (χ0n) is 21.4. The second-order valence-electron chi connectivity index (χ2n) is 10.1. The summed E-state index contributed by atoms with van der Waals surface area (Å²) >= 11 is -1.25. The predicted molar refractivity (Wildman–Crippen MR) is 148 cm³/mol. The van der Waals surface area contributed by atoms with Gasteiger partial charge in [0, 0.05) is 11.9 Å². The normalized spacial score (nSPS) is 11.7. The SMILES string of the molecule is CC(C)c1ccc(N=Cc2ccccc2[CH2][Al]([CH3])[NH]c2c(C(C)C)cccc2C(C)C)cc1. The predicted octanol–water partition coefficient (Wildman–Crippen LogP) is 8.62. The molecule has 2 nitrogen and oxygen atoms in total. The summed E-state index contributed by atoms with van der Waals surface area (Å²) in [5, 5.41) is 1.08. The van der Waals surface area contributed by atoms with Gasteiger partial charge in [0.15, 0.2) is 0 Å². The number of anilines is 1. The van der Waals surface area contributed by atoms with Crippen molar-refractivity contribution in [2.24, 2.45) is 4.99 Å². The van der Waals surface area contributed by atoms with Gasteiger partial charge >= 0.3 is 14.4 Å². The lowest BCUT2D eigenvalue weighted by molar-refractivity contribution is 0.839. The highest BCUT2D eigenvalue weighted by atomic mass is 27.2. The molecule has 0 amide bonds. The first-order valence-corrected chi connectivity index (χ1v) is 14.9. The van der Waals surface area contributed by atoms with Gasteiger partial charge in [0.1, 0.15) is 0 Å². The zero-order chi connectivity index (χ0) is 24.0. The Hall–Kier alpha value is -2.34. The third-order valence-electron chi connectivity index (χ3n) is 6.26. The molecule has 0 saturated carbocycles. The Labute approximate surface area is 205 Å². The van der Waals surface area contributed by atoms with Gasteiger partial charge in [-0.05, 0) is 57.4 Å². The van der Waals surface area contributed by atoms with Crippen LogP contribution in [0.5, 0.6) is 0 Å². The van der Waals surface area contributed by atoms with E-state index in [2.05, 4.69) is 118 Å². The third-order valence-corrected chi connectivity index (χ3v) is 8.09. The van der Waals surface area contributed by atoms with E-state index in [-0.39, 0.29) is 0 Å². The molecule has 0 saturated heterocycles. The van der Waals surface area contributed by atoms with Gasteiger partial charge in [0.25, 0.3) is 0 Å². The van der Waals surface area contributed by atoms with Crippen molar-refractivity contribution in [1.29, 1.82) is 0 Å². The van der Waals surface area contributed by atoms with Crippen LogP contribution in [0.15, 0.2) is 71.7 Å². The summed E-state index contributed by atoms with van der Waals surface area (Å²) in [4.78, 5) is 4.77. The van der Waals surface area contributed by atoms with Crippen LogP contribution in [0.2, 0.25) is 5.79 Å². The van der Waals surface area contributed by atoms with Crippen LogP contribution in [0.1, 0.15) is 87.1 Å². The maximum Gasteiger partial charge on any atom is 0.412 e. The van der Waals surface area contributed by atoms with Crippen molar-refractivity contribution in [3.05, 3.63) is 94.5 Å². The maximum absolute atomic E-state index is 4.77. The van der Waals surface area contributed by atoms with Crippen molar-refractivity contribution < 1.29 is 0 Å². The van der Waals surface area contributed by atoms with Gasteiger partial charge in [-0.3, -0.25) is 4.99 Å². The highest BCUT2D eigenvalue weighted by Gasteiger charge is 2.20.